The van der Waals surface area contributed by atoms with Crippen LogP contribution in [0, 0.1) is 0 Å². The van der Waals surface area contributed by atoms with Gasteiger partial charge in [-0.25, -0.2) is 8.42 Å². The van der Waals surface area contributed by atoms with Crippen molar-refractivity contribution in [2.24, 2.45) is 0 Å². The third-order valence-electron chi connectivity index (χ3n) is 3.22. The Balaban J connectivity index is 1.83. The van der Waals surface area contributed by atoms with Crippen molar-refractivity contribution in [1.29, 1.82) is 0 Å². The Bertz CT molecular complexity index is 583. The van der Waals surface area contributed by atoms with Gasteiger partial charge >= 0.3 is 0 Å². The molecule has 1 aliphatic rings. The molecule has 2 rings (SSSR count). The van der Waals surface area contributed by atoms with Crippen LogP contribution >= 0.6 is 11.6 Å². The summed E-state index contributed by atoms with van der Waals surface area (Å²) in [5.74, 6) is -0.394. The molecule has 2 N–H and O–H groups in total. The SMILES string of the molecule is O=C(NCCS(=O)(=O)N1CCNCC1)c1ccc(Cl)cc1. The van der Waals surface area contributed by atoms with E-state index in [1.165, 1.54) is 4.31 Å². The number of hydrogen-bond donors (Lipinski definition) is 2. The van der Waals surface area contributed by atoms with Crippen LogP contribution in [0.25, 0.3) is 0 Å². The monoisotopic (exact) mass is 331 g/mol. The van der Waals surface area contributed by atoms with Crippen molar-refractivity contribution in [2.75, 3.05) is 38.5 Å². The smallest absolute Gasteiger partial charge is 0.251 e. The number of hydrogen-bond acceptors (Lipinski definition) is 4. The maximum Gasteiger partial charge on any atom is 0.251 e. The Labute approximate surface area is 129 Å². The molecule has 0 aromatic heterocycles. The molecule has 21 heavy (non-hydrogen) atoms. The Morgan fingerprint density at radius 2 is 1.86 bits per heavy atom. The number of rotatable bonds is 5. The molecule has 1 aromatic rings. The minimum absolute atomic E-state index is 0.0909. The van der Waals surface area contributed by atoms with Gasteiger partial charge in [-0.3, -0.25) is 4.79 Å². The summed E-state index contributed by atoms with van der Waals surface area (Å²) >= 11 is 5.74. The number of sulfonamides is 1. The van der Waals surface area contributed by atoms with Gasteiger partial charge in [-0.1, -0.05) is 11.6 Å². The van der Waals surface area contributed by atoms with Crippen LogP contribution in [0.15, 0.2) is 24.3 Å². The molecule has 0 spiro atoms. The molecule has 0 saturated carbocycles. The lowest BCUT2D eigenvalue weighted by molar-refractivity contribution is 0.0956. The van der Waals surface area contributed by atoms with E-state index in [2.05, 4.69) is 10.6 Å². The molecule has 1 aliphatic heterocycles. The maximum absolute atomic E-state index is 12.1. The first-order valence-corrected chi connectivity index (χ1v) is 8.70. The molecular weight excluding hydrogens is 314 g/mol. The lowest BCUT2D eigenvalue weighted by Gasteiger charge is -2.26. The van der Waals surface area contributed by atoms with Gasteiger partial charge in [-0.05, 0) is 24.3 Å². The number of amides is 1. The summed E-state index contributed by atoms with van der Waals surface area (Å²) in [7, 11) is -3.31. The summed E-state index contributed by atoms with van der Waals surface area (Å²) in [5.41, 5.74) is 0.457. The quantitative estimate of drug-likeness (QED) is 0.813. The molecule has 0 bridgehead atoms. The van der Waals surface area contributed by atoms with E-state index in [0.717, 1.165) is 0 Å². The standard InChI is InChI=1S/C13H18ClN3O3S/c14-12-3-1-11(2-4-12)13(18)16-7-10-21(19,20)17-8-5-15-6-9-17/h1-4,15H,5-10H2,(H,16,18). The van der Waals surface area contributed by atoms with E-state index in [-0.39, 0.29) is 18.2 Å². The van der Waals surface area contributed by atoms with Gasteiger partial charge in [0, 0.05) is 43.3 Å². The van der Waals surface area contributed by atoms with Gasteiger partial charge in [0.05, 0.1) is 5.75 Å². The number of halogens is 1. The molecule has 1 fully saturated rings. The number of carbonyl (C=O) groups is 1. The Kier molecular flexibility index (Phi) is 5.58. The maximum atomic E-state index is 12.1. The Morgan fingerprint density at radius 1 is 1.24 bits per heavy atom. The molecule has 1 aromatic carbocycles. The highest BCUT2D eigenvalue weighted by molar-refractivity contribution is 7.89. The zero-order valence-electron chi connectivity index (χ0n) is 11.5. The fraction of sp³-hybridized carbons (Fsp3) is 0.462. The van der Waals surface area contributed by atoms with Gasteiger partial charge in [0.25, 0.3) is 5.91 Å². The normalized spacial score (nSPS) is 16.6. The Morgan fingerprint density at radius 3 is 2.48 bits per heavy atom. The third kappa shape index (κ3) is 4.67. The van der Waals surface area contributed by atoms with E-state index >= 15 is 0 Å². The van der Waals surface area contributed by atoms with E-state index in [4.69, 9.17) is 11.6 Å². The van der Waals surface area contributed by atoms with Crippen LogP contribution < -0.4 is 10.6 Å². The van der Waals surface area contributed by atoms with Crippen molar-refractivity contribution in [3.8, 4) is 0 Å². The zero-order valence-corrected chi connectivity index (χ0v) is 13.1. The van der Waals surface area contributed by atoms with Crippen LogP contribution in [0.5, 0.6) is 0 Å². The highest BCUT2D eigenvalue weighted by Crippen LogP contribution is 2.09. The van der Waals surface area contributed by atoms with Gasteiger partial charge in [0.1, 0.15) is 0 Å². The molecule has 0 radical (unpaired) electrons. The minimum Gasteiger partial charge on any atom is -0.351 e. The lowest BCUT2D eigenvalue weighted by Crippen LogP contribution is -2.48. The number of piperazine rings is 1. The molecule has 0 aliphatic carbocycles. The van der Waals surface area contributed by atoms with E-state index in [1.807, 2.05) is 0 Å². The second-order valence-corrected chi connectivity index (χ2v) is 7.25. The van der Waals surface area contributed by atoms with Crippen molar-refractivity contribution < 1.29 is 13.2 Å². The van der Waals surface area contributed by atoms with Crippen molar-refractivity contribution in [1.82, 2.24) is 14.9 Å². The van der Waals surface area contributed by atoms with E-state index in [1.54, 1.807) is 24.3 Å². The molecule has 8 heteroatoms. The molecular formula is C13H18ClN3O3S. The lowest BCUT2D eigenvalue weighted by atomic mass is 10.2. The van der Waals surface area contributed by atoms with Gasteiger partial charge in [0.15, 0.2) is 0 Å². The first kappa shape index (κ1) is 16.2. The molecule has 1 saturated heterocycles. The molecule has 1 amide bonds. The van der Waals surface area contributed by atoms with Crippen LogP contribution in [-0.2, 0) is 10.0 Å². The molecule has 6 nitrogen and oxygen atoms in total. The molecule has 116 valence electrons. The van der Waals surface area contributed by atoms with E-state index in [9.17, 15) is 13.2 Å². The minimum atomic E-state index is -3.31. The summed E-state index contributed by atoms with van der Waals surface area (Å²) in [6, 6.07) is 6.44. The predicted octanol–water partition coefficient (Wildman–Crippen LogP) is 0.305. The third-order valence-corrected chi connectivity index (χ3v) is 5.35. The van der Waals surface area contributed by atoms with E-state index in [0.29, 0.717) is 36.8 Å². The largest absolute Gasteiger partial charge is 0.351 e. The average Bonchev–Trinajstić information content (AvgIpc) is 2.48. The van der Waals surface area contributed by atoms with Crippen molar-refractivity contribution in [3.63, 3.8) is 0 Å². The van der Waals surface area contributed by atoms with Crippen molar-refractivity contribution >= 4 is 27.5 Å². The van der Waals surface area contributed by atoms with Gasteiger partial charge in [-0.15, -0.1) is 0 Å². The van der Waals surface area contributed by atoms with Crippen LogP contribution in [0.1, 0.15) is 10.4 Å². The topological polar surface area (TPSA) is 78.5 Å². The first-order chi connectivity index (χ1) is 9.99. The van der Waals surface area contributed by atoms with Crippen LogP contribution in [-0.4, -0.2) is 57.1 Å². The fourth-order valence-corrected chi connectivity index (χ4v) is 3.53. The second-order valence-electron chi connectivity index (χ2n) is 4.73. The zero-order chi connectivity index (χ0) is 15.3. The number of benzene rings is 1. The Hall–Kier alpha value is -1.15. The summed E-state index contributed by atoms with van der Waals surface area (Å²) in [6.07, 6.45) is 0. The molecule has 1 heterocycles. The number of carbonyl (C=O) groups excluding carboxylic acids is 1. The van der Waals surface area contributed by atoms with Crippen LogP contribution in [0.3, 0.4) is 0 Å². The van der Waals surface area contributed by atoms with Crippen molar-refractivity contribution in [3.05, 3.63) is 34.9 Å². The van der Waals surface area contributed by atoms with Crippen molar-refractivity contribution in [2.45, 2.75) is 0 Å². The van der Waals surface area contributed by atoms with Crippen LogP contribution in [0.4, 0.5) is 0 Å². The highest BCUT2D eigenvalue weighted by atomic mass is 35.5. The number of nitrogens with one attached hydrogen (secondary N) is 2. The van der Waals surface area contributed by atoms with Gasteiger partial charge in [-0.2, -0.15) is 4.31 Å². The molecule has 0 atom stereocenters. The summed E-state index contributed by atoms with van der Waals surface area (Å²) in [5, 5.41) is 6.26. The summed E-state index contributed by atoms with van der Waals surface area (Å²) < 4.78 is 25.6. The predicted molar refractivity (Wildman–Crippen MR) is 82.0 cm³/mol. The highest BCUT2D eigenvalue weighted by Gasteiger charge is 2.23. The van der Waals surface area contributed by atoms with E-state index < -0.39 is 10.0 Å². The molecule has 0 unspecified atom stereocenters. The van der Waals surface area contributed by atoms with Crippen LogP contribution in [0.2, 0.25) is 5.02 Å². The number of nitrogens with zero attached hydrogens (tertiary/aromatic N) is 1. The summed E-state index contributed by atoms with van der Waals surface area (Å²) in [4.78, 5) is 11.8. The average molecular weight is 332 g/mol. The van der Waals surface area contributed by atoms with Gasteiger partial charge in [0.2, 0.25) is 10.0 Å². The van der Waals surface area contributed by atoms with Gasteiger partial charge < -0.3 is 10.6 Å². The second kappa shape index (κ2) is 7.22. The first-order valence-electron chi connectivity index (χ1n) is 6.71. The fourth-order valence-electron chi connectivity index (χ4n) is 2.05. The summed E-state index contributed by atoms with van der Waals surface area (Å²) in [6.45, 7) is 2.38.